The maximum Gasteiger partial charge on any atom is 0.255 e. The monoisotopic (exact) mass is 289 g/mol. The summed E-state index contributed by atoms with van der Waals surface area (Å²) in [5.74, 6) is -0.181. The van der Waals surface area contributed by atoms with Crippen molar-refractivity contribution in [2.75, 3.05) is 5.32 Å². The molecule has 0 aliphatic heterocycles. The van der Waals surface area contributed by atoms with Gasteiger partial charge in [0.1, 0.15) is 11.0 Å². The molecule has 1 heterocycles. The highest BCUT2D eigenvalue weighted by atomic mass is 35.5. The summed E-state index contributed by atoms with van der Waals surface area (Å²) in [5.41, 5.74) is 2.86. The first-order chi connectivity index (χ1) is 9.22. The van der Waals surface area contributed by atoms with Crippen molar-refractivity contribution in [2.24, 2.45) is 0 Å². The number of benzene rings is 2. The Balaban J connectivity index is 1.83. The van der Waals surface area contributed by atoms with Crippen molar-refractivity contribution in [3.05, 3.63) is 53.1 Å². The van der Waals surface area contributed by atoms with Gasteiger partial charge in [0.2, 0.25) is 0 Å². The Hall–Kier alpha value is -1.98. The van der Waals surface area contributed by atoms with E-state index in [0.29, 0.717) is 16.3 Å². The second-order valence-corrected chi connectivity index (χ2v) is 4.89. The Bertz CT molecular complexity index is 739. The number of amides is 1. The van der Waals surface area contributed by atoms with Crippen LogP contribution in [0, 0.1) is 0 Å². The van der Waals surface area contributed by atoms with Crippen LogP contribution in [0.15, 0.2) is 42.5 Å². The lowest BCUT2D eigenvalue weighted by Gasteiger charge is -2.05. The van der Waals surface area contributed by atoms with Crippen molar-refractivity contribution >= 4 is 46.0 Å². The average Bonchev–Trinajstić information content (AvgIpc) is 2.87. The van der Waals surface area contributed by atoms with Gasteiger partial charge in [-0.3, -0.25) is 4.79 Å². The van der Waals surface area contributed by atoms with Gasteiger partial charge < -0.3 is 5.32 Å². The minimum Gasteiger partial charge on any atom is -0.322 e. The lowest BCUT2D eigenvalue weighted by atomic mass is 10.2. The molecule has 1 N–H and O–H groups in total. The van der Waals surface area contributed by atoms with Gasteiger partial charge in [-0.2, -0.15) is 8.75 Å². The molecule has 0 spiro atoms. The fourth-order valence-corrected chi connectivity index (χ4v) is 2.31. The van der Waals surface area contributed by atoms with Gasteiger partial charge in [-0.25, -0.2) is 0 Å². The summed E-state index contributed by atoms with van der Waals surface area (Å²) in [7, 11) is 0. The molecule has 2 aromatic carbocycles. The molecule has 0 aliphatic carbocycles. The summed E-state index contributed by atoms with van der Waals surface area (Å²) in [6.45, 7) is 0. The predicted molar refractivity (Wildman–Crippen MR) is 76.8 cm³/mol. The summed E-state index contributed by atoms with van der Waals surface area (Å²) in [4.78, 5) is 12.0. The van der Waals surface area contributed by atoms with E-state index in [2.05, 4.69) is 14.1 Å². The number of halogens is 1. The number of nitrogens with zero attached hydrogens (tertiary/aromatic N) is 2. The molecule has 0 saturated heterocycles. The van der Waals surface area contributed by atoms with Crippen LogP contribution in [0.4, 0.5) is 5.69 Å². The third-order valence-electron chi connectivity index (χ3n) is 2.62. The van der Waals surface area contributed by atoms with Crippen LogP contribution in [0.3, 0.4) is 0 Å². The SMILES string of the molecule is O=C(Nc1ccc2nsnc2c1)c1ccc(Cl)cc1. The van der Waals surface area contributed by atoms with E-state index >= 15 is 0 Å². The second kappa shape index (κ2) is 4.95. The van der Waals surface area contributed by atoms with Crippen LogP contribution in [0.25, 0.3) is 11.0 Å². The molecule has 3 rings (SSSR count). The Morgan fingerprint density at radius 2 is 1.79 bits per heavy atom. The summed E-state index contributed by atoms with van der Waals surface area (Å²) in [6, 6.07) is 12.2. The van der Waals surface area contributed by atoms with Crippen molar-refractivity contribution in [3.63, 3.8) is 0 Å². The van der Waals surface area contributed by atoms with E-state index in [1.807, 2.05) is 6.07 Å². The standard InChI is InChI=1S/C13H8ClN3OS/c14-9-3-1-8(2-4-9)13(18)15-10-5-6-11-12(7-10)17-19-16-11/h1-7H,(H,15,18). The summed E-state index contributed by atoms with van der Waals surface area (Å²) in [5, 5.41) is 3.42. The number of nitrogens with one attached hydrogen (secondary N) is 1. The first-order valence-electron chi connectivity index (χ1n) is 5.51. The first-order valence-corrected chi connectivity index (χ1v) is 6.62. The third-order valence-corrected chi connectivity index (χ3v) is 3.43. The molecule has 0 radical (unpaired) electrons. The van der Waals surface area contributed by atoms with Gasteiger partial charge in [0.05, 0.1) is 11.7 Å². The topological polar surface area (TPSA) is 54.9 Å². The average molecular weight is 290 g/mol. The van der Waals surface area contributed by atoms with Crippen molar-refractivity contribution in [2.45, 2.75) is 0 Å². The van der Waals surface area contributed by atoms with Crippen LogP contribution in [0.5, 0.6) is 0 Å². The number of rotatable bonds is 2. The van der Waals surface area contributed by atoms with Crippen LogP contribution in [0.1, 0.15) is 10.4 Å². The minimum absolute atomic E-state index is 0.181. The fraction of sp³-hybridized carbons (Fsp3) is 0. The van der Waals surface area contributed by atoms with Crippen molar-refractivity contribution < 1.29 is 4.79 Å². The molecule has 19 heavy (non-hydrogen) atoms. The zero-order chi connectivity index (χ0) is 13.2. The van der Waals surface area contributed by atoms with Crippen LogP contribution in [0.2, 0.25) is 5.02 Å². The molecule has 6 heteroatoms. The molecular weight excluding hydrogens is 282 g/mol. The summed E-state index contributed by atoms with van der Waals surface area (Å²) < 4.78 is 8.24. The normalized spacial score (nSPS) is 10.6. The van der Waals surface area contributed by atoms with Crippen molar-refractivity contribution in [1.82, 2.24) is 8.75 Å². The predicted octanol–water partition coefficient (Wildman–Crippen LogP) is 3.60. The number of hydrogen-bond acceptors (Lipinski definition) is 4. The van der Waals surface area contributed by atoms with E-state index in [9.17, 15) is 4.79 Å². The Kier molecular flexibility index (Phi) is 3.15. The lowest BCUT2D eigenvalue weighted by molar-refractivity contribution is 0.102. The van der Waals surface area contributed by atoms with Crippen LogP contribution < -0.4 is 5.32 Å². The van der Waals surface area contributed by atoms with E-state index in [4.69, 9.17) is 11.6 Å². The van der Waals surface area contributed by atoms with E-state index in [-0.39, 0.29) is 5.91 Å². The van der Waals surface area contributed by atoms with Gasteiger partial charge in [-0.05, 0) is 42.5 Å². The molecule has 0 atom stereocenters. The Labute approximate surface area is 118 Å². The number of fused-ring (bicyclic) bond motifs is 1. The van der Waals surface area contributed by atoms with E-state index in [0.717, 1.165) is 22.8 Å². The highest BCUT2D eigenvalue weighted by Gasteiger charge is 2.07. The van der Waals surface area contributed by atoms with E-state index in [1.165, 1.54) is 0 Å². The van der Waals surface area contributed by atoms with Gasteiger partial charge in [-0.15, -0.1) is 0 Å². The zero-order valence-corrected chi connectivity index (χ0v) is 11.2. The highest BCUT2D eigenvalue weighted by molar-refractivity contribution is 7.00. The molecule has 1 aromatic heterocycles. The number of aromatic nitrogens is 2. The van der Waals surface area contributed by atoms with E-state index < -0.39 is 0 Å². The van der Waals surface area contributed by atoms with Crippen LogP contribution in [-0.2, 0) is 0 Å². The Morgan fingerprint density at radius 1 is 1.05 bits per heavy atom. The fourth-order valence-electron chi connectivity index (χ4n) is 1.66. The molecule has 94 valence electrons. The van der Waals surface area contributed by atoms with Crippen LogP contribution >= 0.6 is 23.3 Å². The smallest absolute Gasteiger partial charge is 0.255 e. The minimum atomic E-state index is -0.181. The summed E-state index contributed by atoms with van der Waals surface area (Å²) in [6.07, 6.45) is 0. The maximum absolute atomic E-state index is 12.0. The molecule has 0 aliphatic rings. The number of anilines is 1. The highest BCUT2D eigenvalue weighted by Crippen LogP contribution is 2.18. The molecule has 0 bridgehead atoms. The summed E-state index contributed by atoms with van der Waals surface area (Å²) >= 11 is 6.93. The molecule has 3 aromatic rings. The molecule has 0 unspecified atom stereocenters. The molecule has 0 fully saturated rings. The number of carbonyl (C=O) groups excluding carboxylic acids is 1. The first kappa shape index (κ1) is 12.1. The van der Waals surface area contributed by atoms with E-state index in [1.54, 1.807) is 36.4 Å². The molecule has 4 nitrogen and oxygen atoms in total. The zero-order valence-electron chi connectivity index (χ0n) is 9.63. The van der Waals surface area contributed by atoms with Crippen molar-refractivity contribution in [1.29, 1.82) is 0 Å². The number of carbonyl (C=O) groups is 1. The van der Waals surface area contributed by atoms with Gasteiger partial charge in [0, 0.05) is 16.3 Å². The van der Waals surface area contributed by atoms with Gasteiger partial charge in [-0.1, -0.05) is 11.6 Å². The Morgan fingerprint density at radius 3 is 2.58 bits per heavy atom. The van der Waals surface area contributed by atoms with Gasteiger partial charge in [0.15, 0.2) is 0 Å². The van der Waals surface area contributed by atoms with Crippen molar-refractivity contribution in [3.8, 4) is 0 Å². The number of hydrogen-bond donors (Lipinski definition) is 1. The van der Waals surface area contributed by atoms with Crippen LogP contribution in [-0.4, -0.2) is 14.7 Å². The van der Waals surface area contributed by atoms with Gasteiger partial charge >= 0.3 is 0 Å². The molecular formula is C13H8ClN3OS. The molecule has 0 saturated carbocycles. The third kappa shape index (κ3) is 2.57. The molecule has 1 amide bonds. The maximum atomic E-state index is 12.0. The second-order valence-electron chi connectivity index (χ2n) is 3.93. The lowest BCUT2D eigenvalue weighted by Crippen LogP contribution is -2.11. The van der Waals surface area contributed by atoms with Gasteiger partial charge in [0.25, 0.3) is 5.91 Å². The quantitative estimate of drug-likeness (QED) is 0.784. The largest absolute Gasteiger partial charge is 0.322 e.